The maximum absolute atomic E-state index is 14.5. The molecule has 0 N–H and O–H groups in total. The molecule has 8 heteroatoms. The van der Waals surface area contributed by atoms with Crippen molar-refractivity contribution in [3.63, 3.8) is 0 Å². The first kappa shape index (κ1) is 42.4. The van der Waals surface area contributed by atoms with Gasteiger partial charge in [-0.3, -0.25) is 14.4 Å². The number of ketones is 2. The molecule has 44 heavy (non-hydrogen) atoms. The van der Waals surface area contributed by atoms with Gasteiger partial charge in [-0.2, -0.15) is 0 Å². The molecule has 0 heterocycles. The third kappa shape index (κ3) is 12.0. The van der Waals surface area contributed by atoms with Crippen LogP contribution in [0.2, 0.25) is 36.3 Å². The van der Waals surface area contributed by atoms with Gasteiger partial charge in [0.05, 0.1) is 18.6 Å². The Bertz CT molecular complexity index is 1040. The van der Waals surface area contributed by atoms with E-state index in [2.05, 4.69) is 80.9 Å². The van der Waals surface area contributed by atoms with E-state index in [4.69, 9.17) is 13.6 Å². The summed E-state index contributed by atoms with van der Waals surface area (Å²) in [5.41, 5.74) is 0.00107. The minimum Gasteiger partial charge on any atom is -0.454 e. The predicted molar refractivity (Wildman–Crippen MR) is 190 cm³/mol. The largest absolute Gasteiger partial charge is 0.454 e. The molecule has 0 aliphatic carbocycles. The smallest absolute Gasteiger partial charge is 0.309 e. The van der Waals surface area contributed by atoms with Crippen LogP contribution in [0, 0.1) is 17.3 Å². The fourth-order valence-corrected chi connectivity index (χ4v) is 7.36. The summed E-state index contributed by atoms with van der Waals surface area (Å²) in [5.74, 6) is -1.34. The third-order valence-corrected chi connectivity index (χ3v) is 18.9. The minimum atomic E-state index is -2.43. The highest BCUT2D eigenvalue weighted by Gasteiger charge is 2.50. The lowest BCUT2D eigenvalue weighted by atomic mass is 9.73. The summed E-state index contributed by atoms with van der Waals surface area (Å²) in [7, 11) is -4.65. The average molecular weight is 651 g/mol. The Labute approximate surface area is 272 Å². The first-order valence-corrected chi connectivity index (χ1v) is 22.0. The normalized spacial score (nSPS) is 17.2. The molecule has 0 radical (unpaired) electrons. The van der Waals surface area contributed by atoms with E-state index in [1.54, 1.807) is 6.08 Å². The van der Waals surface area contributed by atoms with Crippen molar-refractivity contribution in [2.45, 2.75) is 157 Å². The molecule has 0 unspecified atom stereocenters. The fourth-order valence-electron chi connectivity index (χ4n) is 4.46. The number of carbonyl (C=O) groups excluding carboxylic acids is 3. The van der Waals surface area contributed by atoms with Gasteiger partial charge in [-0.05, 0) is 62.5 Å². The van der Waals surface area contributed by atoms with Crippen molar-refractivity contribution in [1.29, 1.82) is 0 Å². The number of Topliss-reactive ketones (excluding diaryl/α,β-unsaturated/α-hetero) is 2. The standard InChI is InChI=1S/C36H66O6Si2/c1-19-21-25(3)22-23-29(28(6)37)40-31(38)24-30(41-43(15,16)34(7,8)9)36(13,14)33(39)27(5)32(26(4)20-2)42-44(17,18)35(10,11)12/h19-20,22,26-27,29-30,32H,1-2,21,23-24H2,3-18H3/t26-,27-,29+,30+,32+/m1/s1. The van der Waals surface area contributed by atoms with E-state index in [1.807, 2.05) is 46.8 Å². The molecule has 0 bridgehead atoms. The van der Waals surface area contributed by atoms with Crippen LogP contribution in [0.5, 0.6) is 0 Å². The van der Waals surface area contributed by atoms with Crippen LogP contribution in [0.4, 0.5) is 0 Å². The second-order valence-electron chi connectivity index (χ2n) is 16.3. The van der Waals surface area contributed by atoms with Crippen LogP contribution < -0.4 is 0 Å². The van der Waals surface area contributed by atoms with E-state index in [9.17, 15) is 14.4 Å². The number of hydrogen-bond donors (Lipinski definition) is 0. The van der Waals surface area contributed by atoms with E-state index in [-0.39, 0.29) is 40.1 Å². The van der Waals surface area contributed by atoms with E-state index in [1.165, 1.54) is 6.92 Å². The molecular formula is C36H66O6Si2. The lowest BCUT2D eigenvalue weighted by Gasteiger charge is -2.46. The van der Waals surface area contributed by atoms with Gasteiger partial charge in [-0.1, -0.05) is 93.0 Å². The summed E-state index contributed by atoms with van der Waals surface area (Å²) in [6, 6.07) is 0. The summed E-state index contributed by atoms with van der Waals surface area (Å²) >= 11 is 0. The number of hydrogen-bond acceptors (Lipinski definition) is 6. The summed E-state index contributed by atoms with van der Waals surface area (Å²) in [4.78, 5) is 40.4. The molecule has 0 aromatic heterocycles. The Morgan fingerprint density at radius 1 is 0.818 bits per heavy atom. The van der Waals surface area contributed by atoms with Crippen molar-refractivity contribution in [2.75, 3.05) is 0 Å². The van der Waals surface area contributed by atoms with Crippen molar-refractivity contribution in [2.24, 2.45) is 17.3 Å². The second-order valence-corrected chi connectivity index (χ2v) is 25.8. The van der Waals surface area contributed by atoms with Gasteiger partial charge in [0.25, 0.3) is 0 Å². The maximum Gasteiger partial charge on any atom is 0.309 e. The molecule has 0 fully saturated rings. The third-order valence-electron chi connectivity index (χ3n) is 9.94. The quantitative estimate of drug-likeness (QED) is 0.0835. The maximum atomic E-state index is 14.5. The zero-order chi connectivity index (χ0) is 35.1. The average Bonchev–Trinajstić information content (AvgIpc) is 2.86. The van der Waals surface area contributed by atoms with Crippen LogP contribution in [0.25, 0.3) is 0 Å². The SMILES string of the molecule is C=CCC(C)=CC[C@H](OC(=O)C[C@H](O[Si](C)(C)C(C)(C)C)C(C)(C)C(=O)[C@H](C)[C@@H](O[Si](C)(C)C(C)(C)C)[C@H](C)C=C)C(C)=O. The van der Waals surface area contributed by atoms with Crippen molar-refractivity contribution in [3.8, 4) is 0 Å². The van der Waals surface area contributed by atoms with E-state index >= 15 is 0 Å². The van der Waals surface area contributed by atoms with Crippen LogP contribution in [0.15, 0.2) is 37.0 Å². The topological polar surface area (TPSA) is 78.9 Å². The van der Waals surface area contributed by atoms with Crippen LogP contribution in [-0.4, -0.2) is 52.5 Å². The zero-order valence-corrected chi connectivity index (χ0v) is 33.1. The van der Waals surface area contributed by atoms with Gasteiger partial charge in [0.1, 0.15) is 5.78 Å². The molecule has 6 nitrogen and oxygen atoms in total. The van der Waals surface area contributed by atoms with Gasteiger partial charge in [-0.15, -0.1) is 13.2 Å². The minimum absolute atomic E-state index is 0.0301. The van der Waals surface area contributed by atoms with Gasteiger partial charge >= 0.3 is 5.97 Å². The van der Waals surface area contributed by atoms with Gasteiger partial charge in [0, 0.05) is 17.8 Å². The first-order chi connectivity index (χ1) is 19.7. The van der Waals surface area contributed by atoms with Crippen LogP contribution in [0.1, 0.15) is 102 Å². The predicted octanol–water partition coefficient (Wildman–Crippen LogP) is 9.62. The van der Waals surface area contributed by atoms with Gasteiger partial charge in [0.2, 0.25) is 0 Å². The molecule has 0 aromatic rings. The molecule has 5 atom stereocenters. The molecule has 0 aliphatic rings. The van der Waals surface area contributed by atoms with Crippen molar-refractivity contribution in [3.05, 3.63) is 37.0 Å². The lowest BCUT2D eigenvalue weighted by Crippen LogP contribution is -2.54. The molecular weight excluding hydrogens is 585 g/mol. The monoisotopic (exact) mass is 650 g/mol. The first-order valence-electron chi connectivity index (χ1n) is 16.1. The van der Waals surface area contributed by atoms with E-state index < -0.39 is 46.1 Å². The lowest BCUT2D eigenvalue weighted by molar-refractivity contribution is -0.158. The molecule has 0 aromatic carbocycles. The molecule has 0 saturated carbocycles. The highest BCUT2D eigenvalue weighted by atomic mass is 28.4. The van der Waals surface area contributed by atoms with Crippen molar-refractivity contribution in [1.82, 2.24) is 0 Å². The van der Waals surface area contributed by atoms with E-state index in [0.717, 1.165) is 5.57 Å². The summed E-state index contributed by atoms with van der Waals surface area (Å²) < 4.78 is 19.5. The molecule has 0 aliphatic heterocycles. The molecule has 254 valence electrons. The number of carbonyl (C=O) groups is 3. The van der Waals surface area contributed by atoms with Crippen molar-refractivity contribution < 1.29 is 28.0 Å². The number of rotatable bonds is 18. The highest BCUT2D eigenvalue weighted by Crippen LogP contribution is 2.43. The van der Waals surface area contributed by atoms with Crippen molar-refractivity contribution >= 4 is 34.2 Å². The van der Waals surface area contributed by atoms with Gasteiger partial charge in [0.15, 0.2) is 28.5 Å². The Kier molecular flexibility index (Phi) is 15.7. The summed E-state index contributed by atoms with van der Waals surface area (Å²) in [6.07, 6.45) is 4.39. The molecule has 0 amide bonds. The number of ether oxygens (including phenoxy) is 1. The van der Waals surface area contributed by atoms with Gasteiger partial charge in [-0.25, -0.2) is 0 Å². The van der Waals surface area contributed by atoms with E-state index in [0.29, 0.717) is 12.8 Å². The number of esters is 1. The molecule has 0 rings (SSSR count). The Morgan fingerprint density at radius 3 is 1.70 bits per heavy atom. The molecule has 0 spiro atoms. The summed E-state index contributed by atoms with van der Waals surface area (Å²) in [5, 5.41) is -0.185. The van der Waals surface area contributed by atoms with Crippen LogP contribution in [-0.2, 0) is 28.0 Å². The highest BCUT2D eigenvalue weighted by molar-refractivity contribution is 6.74. The second kappa shape index (κ2) is 16.3. The number of allylic oxidation sites excluding steroid dienone is 2. The Hall–Kier alpha value is -1.62. The van der Waals surface area contributed by atoms with Crippen LogP contribution in [0.3, 0.4) is 0 Å². The van der Waals surface area contributed by atoms with Gasteiger partial charge < -0.3 is 13.6 Å². The Morgan fingerprint density at radius 2 is 1.30 bits per heavy atom. The fraction of sp³-hybridized carbons (Fsp3) is 0.750. The van der Waals surface area contributed by atoms with Crippen LogP contribution >= 0.6 is 0 Å². The summed E-state index contributed by atoms with van der Waals surface area (Å²) in [6.45, 7) is 40.4. The molecule has 0 saturated heterocycles. The zero-order valence-electron chi connectivity index (χ0n) is 31.1. The Balaban J connectivity index is 6.56.